The number of hydrogen-bond donors (Lipinski definition) is 2. The van der Waals surface area contributed by atoms with Gasteiger partial charge in [0.1, 0.15) is 0 Å². The highest BCUT2D eigenvalue weighted by molar-refractivity contribution is 8.06. The number of nitrogens with zero attached hydrogens (tertiary/aromatic N) is 2. The van der Waals surface area contributed by atoms with Crippen LogP contribution in [0.2, 0.25) is 0 Å². The first-order valence-corrected chi connectivity index (χ1v) is 12.9. The Balaban J connectivity index is 0. The molecular formula is C8H6F12N4O8S4. The molecule has 0 saturated heterocycles. The summed E-state index contributed by atoms with van der Waals surface area (Å²) in [5.41, 5.74) is -24.6. The molecule has 12 nitrogen and oxygen atoms in total. The molecule has 0 saturated carbocycles. The molecule has 0 aromatic carbocycles. The Hall–Kier alpha value is -2.04. The topological polar surface area (TPSA) is 186 Å². The first-order chi connectivity index (χ1) is 15.4. The molecule has 0 aliphatic carbocycles. The van der Waals surface area contributed by atoms with Crippen molar-refractivity contribution in [2.24, 2.45) is 0 Å². The van der Waals surface area contributed by atoms with Crippen LogP contribution in [-0.4, -0.2) is 65.7 Å². The van der Waals surface area contributed by atoms with Gasteiger partial charge < -0.3 is 0 Å². The van der Waals surface area contributed by atoms with Gasteiger partial charge in [-0.3, -0.25) is 9.97 Å². The Kier molecular flexibility index (Phi) is 11.6. The Morgan fingerprint density at radius 3 is 0.611 bits per heavy atom. The van der Waals surface area contributed by atoms with Crippen molar-refractivity contribution in [1.29, 1.82) is 0 Å². The lowest BCUT2D eigenvalue weighted by atomic mass is 10.8. The second-order valence-electron chi connectivity index (χ2n) is 4.86. The van der Waals surface area contributed by atoms with Gasteiger partial charge in [-0.25, -0.2) is 33.7 Å². The summed E-state index contributed by atoms with van der Waals surface area (Å²) in [6.07, 6.45) is 6.56. The molecule has 36 heavy (non-hydrogen) atoms. The molecule has 0 fully saturated rings. The van der Waals surface area contributed by atoms with Crippen molar-refractivity contribution in [3.63, 3.8) is 0 Å². The van der Waals surface area contributed by atoms with Crippen LogP contribution in [0.4, 0.5) is 52.7 Å². The predicted octanol–water partition coefficient (Wildman–Crippen LogP) is 1.03. The van der Waals surface area contributed by atoms with Crippen molar-refractivity contribution < 1.29 is 86.4 Å². The highest BCUT2D eigenvalue weighted by Crippen LogP contribution is 2.28. The van der Waals surface area contributed by atoms with Crippen molar-refractivity contribution in [3.05, 3.63) is 24.8 Å². The molecule has 214 valence electrons. The van der Waals surface area contributed by atoms with Crippen molar-refractivity contribution in [3.8, 4) is 0 Å². The van der Waals surface area contributed by atoms with Crippen LogP contribution in [0.3, 0.4) is 0 Å². The maximum atomic E-state index is 11.5. The predicted molar refractivity (Wildman–Crippen MR) is 88.2 cm³/mol. The molecule has 28 heteroatoms. The Morgan fingerprint density at radius 2 is 0.528 bits per heavy atom. The van der Waals surface area contributed by atoms with Gasteiger partial charge in [0.05, 0.1) is 0 Å². The summed E-state index contributed by atoms with van der Waals surface area (Å²) in [4.78, 5) is 7.44. The first kappa shape index (κ1) is 36.1. The minimum absolute atomic E-state index is 0.493. The van der Waals surface area contributed by atoms with Crippen molar-refractivity contribution >= 4 is 40.1 Å². The van der Waals surface area contributed by atoms with Crippen molar-refractivity contribution in [1.82, 2.24) is 18.2 Å². The summed E-state index contributed by atoms with van der Waals surface area (Å²) in [6.45, 7) is 0. The Morgan fingerprint density at radius 1 is 0.389 bits per heavy atom. The van der Waals surface area contributed by atoms with E-state index in [-0.39, 0.29) is 0 Å². The number of halogens is 12. The summed E-state index contributed by atoms with van der Waals surface area (Å²) < 4.78 is 217. The monoisotopic (exact) mass is 642 g/mol. The van der Waals surface area contributed by atoms with Crippen LogP contribution in [0.25, 0.3) is 0 Å². The Labute approximate surface area is 191 Å². The van der Waals surface area contributed by atoms with E-state index in [4.69, 9.17) is 0 Å². The lowest BCUT2D eigenvalue weighted by Crippen LogP contribution is -2.45. The van der Waals surface area contributed by atoms with Crippen molar-refractivity contribution in [2.75, 3.05) is 0 Å². The normalized spacial score (nSPS) is 14.1. The molecule has 1 aromatic heterocycles. The molecule has 0 aliphatic rings. The highest BCUT2D eigenvalue weighted by Gasteiger charge is 2.56. The minimum Gasteiger partial charge on any atom is -0.262 e. The molecule has 1 rings (SSSR count). The molecular weight excluding hydrogens is 636 g/mol. The summed E-state index contributed by atoms with van der Waals surface area (Å²) >= 11 is 0. The van der Waals surface area contributed by atoms with Gasteiger partial charge in [0.25, 0.3) is 0 Å². The number of hydrogen-bond acceptors (Lipinski definition) is 10. The van der Waals surface area contributed by atoms with Gasteiger partial charge in [0.15, 0.2) is 0 Å². The standard InChI is InChI=1S/C4H4N2.2C2HF6NO4S2/c1-2-6-4-3-5-1;2*3-1(4,5)14(10,11)9-15(12,13)2(6,7)8/h1-4H;2*9H. The molecule has 0 radical (unpaired) electrons. The van der Waals surface area contributed by atoms with Gasteiger partial charge >= 0.3 is 62.1 Å². The smallest absolute Gasteiger partial charge is 0.262 e. The molecule has 1 heterocycles. The molecule has 0 aliphatic heterocycles. The van der Waals surface area contributed by atoms with Crippen LogP contribution < -0.4 is 8.25 Å². The van der Waals surface area contributed by atoms with E-state index >= 15 is 0 Å². The van der Waals surface area contributed by atoms with Crippen LogP contribution in [0.5, 0.6) is 0 Å². The van der Waals surface area contributed by atoms with Crippen LogP contribution in [0.15, 0.2) is 24.8 Å². The fourth-order valence-electron chi connectivity index (χ4n) is 0.731. The summed E-state index contributed by atoms with van der Waals surface area (Å²) in [5.74, 6) is 0. The maximum absolute atomic E-state index is 11.5. The summed E-state index contributed by atoms with van der Waals surface area (Å²) in [5, 5.41) is 0. The number of aromatic nitrogens is 2. The van der Waals surface area contributed by atoms with Crippen LogP contribution in [0, 0.1) is 0 Å². The lowest BCUT2D eigenvalue weighted by Gasteiger charge is -2.11. The van der Waals surface area contributed by atoms with Gasteiger partial charge in [0, 0.05) is 24.8 Å². The van der Waals surface area contributed by atoms with Crippen LogP contribution in [-0.2, 0) is 40.1 Å². The van der Waals surface area contributed by atoms with Crippen molar-refractivity contribution in [2.45, 2.75) is 22.0 Å². The molecule has 2 N–H and O–H groups in total. The van der Waals surface area contributed by atoms with E-state index in [2.05, 4.69) is 9.97 Å². The molecule has 0 unspecified atom stereocenters. The van der Waals surface area contributed by atoms with E-state index in [1.807, 2.05) is 0 Å². The number of nitrogens with one attached hydrogen (secondary N) is 2. The zero-order chi connectivity index (χ0) is 29.7. The zero-order valence-corrected chi connectivity index (χ0v) is 18.9. The zero-order valence-electron chi connectivity index (χ0n) is 15.6. The first-order valence-electron chi connectivity index (χ1n) is 6.93. The van der Waals surface area contributed by atoms with Gasteiger partial charge in [0.2, 0.25) is 0 Å². The molecule has 0 spiro atoms. The molecule has 0 bridgehead atoms. The number of rotatable bonds is 4. The molecule has 0 amide bonds. The average Bonchev–Trinajstić information content (AvgIpc) is 2.58. The third kappa shape index (κ3) is 11.3. The lowest BCUT2D eigenvalue weighted by molar-refractivity contribution is -0.0487. The Bertz CT molecular complexity index is 1070. The summed E-state index contributed by atoms with van der Waals surface area (Å²) in [6, 6.07) is 0. The quantitative estimate of drug-likeness (QED) is 0.450. The van der Waals surface area contributed by atoms with E-state index in [0.29, 0.717) is 0 Å². The molecule has 1 aromatic rings. The van der Waals surface area contributed by atoms with Gasteiger partial charge in [-0.1, -0.05) is 8.25 Å². The third-order valence-electron chi connectivity index (χ3n) is 2.14. The average molecular weight is 642 g/mol. The van der Waals surface area contributed by atoms with E-state index in [1.165, 1.54) is 0 Å². The summed E-state index contributed by atoms with van der Waals surface area (Å²) in [7, 11) is -26.4. The second kappa shape index (κ2) is 11.6. The van der Waals surface area contributed by atoms with E-state index in [0.717, 1.165) is 0 Å². The SMILES string of the molecule is O=S(=O)(NS(=O)(=O)C(F)(F)F)C(F)(F)F.O=S(=O)(NS(=O)(=O)C(F)(F)F)C(F)(F)F.c1cnccn1. The van der Waals surface area contributed by atoms with Gasteiger partial charge in [-0.05, 0) is 0 Å². The van der Waals surface area contributed by atoms with Gasteiger partial charge in [-0.2, -0.15) is 52.7 Å². The van der Waals surface area contributed by atoms with E-state index in [9.17, 15) is 86.4 Å². The van der Waals surface area contributed by atoms with Crippen LogP contribution >= 0.6 is 0 Å². The fourth-order valence-corrected chi connectivity index (χ4v) is 4.55. The highest BCUT2D eigenvalue weighted by atomic mass is 32.3. The largest absolute Gasteiger partial charge is 0.512 e. The van der Waals surface area contributed by atoms with Gasteiger partial charge in [-0.15, -0.1) is 0 Å². The van der Waals surface area contributed by atoms with Crippen LogP contribution in [0.1, 0.15) is 0 Å². The second-order valence-corrected chi connectivity index (χ2v) is 12.1. The third-order valence-corrected chi connectivity index (χ3v) is 8.08. The maximum Gasteiger partial charge on any atom is 0.512 e. The number of alkyl halides is 12. The minimum atomic E-state index is -6.60. The number of sulfonamides is 4. The fraction of sp³-hybridized carbons (Fsp3) is 0.500. The van der Waals surface area contributed by atoms with E-state index < -0.39 is 70.4 Å². The van der Waals surface area contributed by atoms with E-state index in [1.54, 1.807) is 24.8 Å². The molecule has 0 atom stereocenters.